The summed E-state index contributed by atoms with van der Waals surface area (Å²) >= 11 is -1.86. The fourth-order valence-corrected chi connectivity index (χ4v) is 4.24. The van der Waals surface area contributed by atoms with E-state index in [0.29, 0.717) is 34.9 Å². The van der Waals surface area contributed by atoms with Gasteiger partial charge in [0.05, 0.1) is 52.4 Å². The highest BCUT2D eigenvalue weighted by molar-refractivity contribution is 7.78. The van der Waals surface area contributed by atoms with Crippen LogP contribution in [0, 0.1) is 11.3 Å². The highest BCUT2D eigenvalue weighted by Crippen LogP contribution is 2.39. The van der Waals surface area contributed by atoms with E-state index in [1.807, 2.05) is 55.5 Å². The molecule has 4 aromatic rings. The highest BCUT2D eigenvalue weighted by Gasteiger charge is 2.28. The van der Waals surface area contributed by atoms with E-state index in [1.54, 1.807) is 11.0 Å². The van der Waals surface area contributed by atoms with Gasteiger partial charge in [0, 0.05) is 11.4 Å². The first-order valence-corrected chi connectivity index (χ1v) is 14.0. The van der Waals surface area contributed by atoms with Crippen molar-refractivity contribution in [2.45, 2.75) is 37.5 Å². The maximum atomic E-state index is 9.85. The van der Waals surface area contributed by atoms with E-state index in [0.717, 1.165) is 46.8 Å². The van der Waals surface area contributed by atoms with E-state index in [-0.39, 0.29) is 6.10 Å². The van der Waals surface area contributed by atoms with E-state index < -0.39 is 16.3 Å². The Bertz CT molecular complexity index is 1580. The van der Waals surface area contributed by atoms with Gasteiger partial charge < -0.3 is 19.9 Å². The Labute approximate surface area is 240 Å². The number of nitrogens with zero attached hydrogens (tertiary/aromatic N) is 4. The smallest absolute Gasteiger partial charge is 0.142 e. The standard InChI is InChI=1S/C27H22B3N5O.CH4O2S/c1-2-16-11-21(12-19(14-31)26(16)36-22-8-9-22)35(27(28,29)30)20-6-3-17(4-7-20)18-5-10-23-24(13-18)33-15-25(32)34-23;1-4(2)3/h3-7,10-13,15,22H,2,8-9H2,1H3,(H2,32,34);1H3,(H,2,3)/p-1. The number of aromatic nitrogens is 2. The Morgan fingerprint density at radius 3 is 2.33 bits per heavy atom. The second-order valence-corrected chi connectivity index (χ2v) is 10.2. The molecule has 1 aliphatic carbocycles. The van der Waals surface area contributed by atoms with Crippen LogP contribution in [0.1, 0.15) is 30.9 Å². The summed E-state index contributed by atoms with van der Waals surface area (Å²) in [5.74, 6) is 1.01. The van der Waals surface area contributed by atoms with Gasteiger partial charge in [0.15, 0.2) is 0 Å². The molecule has 8 nitrogen and oxygen atoms in total. The Kier molecular flexibility index (Phi) is 8.87. The minimum Gasteiger partial charge on any atom is -0.773 e. The molecule has 1 heterocycles. The number of benzene rings is 3. The van der Waals surface area contributed by atoms with Gasteiger partial charge in [-0.3, -0.25) is 9.19 Å². The van der Waals surface area contributed by atoms with Crippen molar-refractivity contribution >= 4 is 62.8 Å². The van der Waals surface area contributed by atoms with Crippen LogP contribution in [0.25, 0.3) is 22.2 Å². The molecule has 12 heteroatoms. The monoisotopic (exact) mass is 544 g/mol. The predicted molar refractivity (Wildman–Crippen MR) is 161 cm³/mol. The molecule has 5 rings (SSSR count). The number of nitriles is 1. The number of rotatable bonds is 7. The third-order valence-electron chi connectivity index (χ3n) is 6.13. The lowest BCUT2D eigenvalue weighted by molar-refractivity contribution is 0.299. The van der Waals surface area contributed by atoms with Gasteiger partial charge in [-0.15, -0.1) is 0 Å². The summed E-state index contributed by atoms with van der Waals surface area (Å²) in [5, 5.41) is 8.13. The number of nitrogen functional groups attached to an aromatic ring is 1. The van der Waals surface area contributed by atoms with Crippen molar-refractivity contribution in [1.82, 2.24) is 9.97 Å². The Morgan fingerprint density at radius 1 is 1.10 bits per heavy atom. The average Bonchev–Trinajstić information content (AvgIpc) is 3.72. The summed E-state index contributed by atoms with van der Waals surface area (Å²) in [6.07, 6.45) is 5.48. The molecule has 1 unspecified atom stereocenters. The highest BCUT2D eigenvalue weighted by atomic mass is 32.2. The molecule has 1 fully saturated rings. The van der Waals surface area contributed by atoms with Crippen LogP contribution in [0.3, 0.4) is 0 Å². The lowest BCUT2D eigenvalue weighted by Crippen LogP contribution is -2.48. The topological polar surface area (TPSA) is 128 Å². The van der Waals surface area contributed by atoms with E-state index in [4.69, 9.17) is 42.8 Å². The van der Waals surface area contributed by atoms with Gasteiger partial charge >= 0.3 is 0 Å². The number of ether oxygens (including phenoxy) is 1. The number of hydrogen-bond acceptors (Lipinski definition) is 8. The molecule has 1 aliphatic rings. The van der Waals surface area contributed by atoms with Crippen molar-refractivity contribution in [3.8, 4) is 22.9 Å². The predicted octanol–water partition coefficient (Wildman–Crippen LogP) is 3.60. The van der Waals surface area contributed by atoms with Gasteiger partial charge in [0.2, 0.25) is 0 Å². The van der Waals surface area contributed by atoms with E-state index in [9.17, 15) is 5.26 Å². The maximum absolute atomic E-state index is 9.85. The summed E-state index contributed by atoms with van der Waals surface area (Å²) < 4.78 is 24.0. The van der Waals surface area contributed by atoms with Crippen LogP contribution in [0.5, 0.6) is 5.75 Å². The minimum absolute atomic E-state index is 0.174. The van der Waals surface area contributed by atoms with Gasteiger partial charge in [-0.2, -0.15) is 5.26 Å². The largest absolute Gasteiger partial charge is 0.773 e. The summed E-state index contributed by atoms with van der Waals surface area (Å²) in [5.41, 5.74) is 11.8. The van der Waals surface area contributed by atoms with Crippen LogP contribution in [-0.4, -0.2) is 59.9 Å². The second-order valence-electron chi connectivity index (χ2n) is 9.43. The van der Waals surface area contributed by atoms with Gasteiger partial charge in [0.1, 0.15) is 17.6 Å². The van der Waals surface area contributed by atoms with Gasteiger partial charge in [-0.25, -0.2) is 4.98 Å². The number of aryl methyl sites for hydroxylation is 1. The van der Waals surface area contributed by atoms with Crippen LogP contribution < -0.4 is 15.4 Å². The van der Waals surface area contributed by atoms with Gasteiger partial charge in [-0.1, -0.05) is 41.4 Å². The molecular weight excluding hydrogens is 519 g/mol. The van der Waals surface area contributed by atoms with Crippen LogP contribution in [0.15, 0.2) is 60.8 Å². The number of nitrogens with two attached hydrogens (primary N) is 1. The Morgan fingerprint density at radius 2 is 1.75 bits per heavy atom. The second kappa shape index (κ2) is 12.2. The fraction of sp³-hybridized carbons (Fsp3) is 0.250. The zero-order chi connectivity index (χ0) is 29.0. The van der Waals surface area contributed by atoms with Crippen molar-refractivity contribution in [1.29, 1.82) is 5.26 Å². The van der Waals surface area contributed by atoms with Crippen LogP contribution >= 0.6 is 0 Å². The van der Waals surface area contributed by atoms with Crippen LogP contribution in [-0.2, 0) is 17.5 Å². The first kappa shape index (κ1) is 29.2. The van der Waals surface area contributed by atoms with Gasteiger partial charge in [0.25, 0.3) is 0 Å². The van der Waals surface area contributed by atoms with Crippen LogP contribution in [0.4, 0.5) is 17.2 Å². The third kappa shape index (κ3) is 7.03. The molecule has 196 valence electrons. The van der Waals surface area contributed by atoms with Crippen molar-refractivity contribution in [2.75, 3.05) is 16.9 Å². The molecule has 1 saturated carbocycles. The van der Waals surface area contributed by atoms with Crippen molar-refractivity contribution in [2.24, 2.45) is 0 Å². The zero-order valence-electron chi connectivity index (χ0n) is 22.2. The summed E-state index contributed by atoms with van der Waals surface area (Å²) in [6, 6.07) is 19.4. The summed E-state index contributed by atoms with van der Waals surface area (Å²) in [6.45, 7) is 2.02. The Hall–Kier alpha value is -3.81. The maximum Gasteiger partial charge on any atom is 0.142 e. The first-order chi connectivity index (χ1) is 19.0. The van der Waals surface area contributed by atoms with Crippen molar-refractivity contribution in [3.05, 3.63) is 71.9 Å². The average molecular weight is 544 g/mol. The number of hydrogen-bond donors (Lipinski definition) is 1. The lowest BCUT2D eigenvalue weighted by atomic mass is 9.48. The molecule has 0 saturated heterocycles. The molecule has 1 aromatic heterocycles. The van der Waals surface area contributed by atoms with Crippen molar-refractivity contribution in [3.63, 3.8) is 0 Å². The molecule has 0 amide bonds. The molecule has 0 bridgehead atoms. The van der Waals surface area contributed by atoms with Crippen molar-refractivity contribution < 1.29 is 13.5 Å². The quantitative estimate of drug-likeness (QED) is 0.276. The lowest BCUT2D eigenvalue weighted by Gasteiger charge is -2.40. The zero-order valence-corrected chi connectivity index (χ0v) is 23.0. The molecule has 0 aliphatic heterocycles. The molecule has 6 radical (unpaired) electrons. The van der Waals surface area contributed by atoms with E-state index >= 15 is 0 Å². The SMILES string of the molecule is CS(=O)[O-].[B]C([B])([B])N(c1ccc(-c2ccc3nc(N)cnc3c2)cc1)c1cc(C#N)c(OC2CC2)c(CC)c1. The first-order valence-electron chi connectivity index (χ1n) is 12.5. The van der Waals surface area contributed by atoms with E-state index in [2.05, 4.69) is 16.0 Å². The molecule has 0 spiro atoms. The molecule has 2 N–H and O–H groups in total. The van der Waals surface area contributed by atoms with E-state index in [1.165, 1.54) is 6.20 Å². The Balaban J connectivity index is 0.000000867. The van der Waals surface area contributed by atoms with Gasteiger partial charge in [-0.05, 0) is 78.6 Å². The number of anilines is 3. The minimum atomic E-state index is -1.86. The summed E-state index contributed by atoms with van der Waals surface area (Å²) in [7, 11) is 18.7. The fourth-order valence-electron chi connectivity index (χ4n) is 4.24. The normalized spacial score (nSPS) is 13.6. The third-order valence-corrected chi connectivity index (χ3v) is 6.13. The molecule has 1 atom stereocenters. The molecule has 3 aromatic carbocycles. The van der Waals surface area contributed by atoms with Crippen LogP contribution in [0.2, 0.25) is 0 Å². The number of fused-ring (bicyclic) bond motifs is 1. The molecular formula is C28H25B3N5O3S-. The molecule has 40 heavy (non-hydrogen) atoms. The summed E-state index contributed by atoms with van der Waals surface area (Å²) in [4.78, 5) is 10.3.